The molecule has 3 N–H and O–H groups in total. The normalized spacial score (nSPS) is 30.9. The molecule has 2 amide bonds. The van der Waals surface area contributed by atoms with Crippen LogP contribution in [0.5, 0.6) is 11.8 Å². The summed E-state index contributed by atoms with van der Waals surface area (Å²) < 4.78 is 1.80. The number of nitrogens with one attached hydrogen (secondary N) is 1. The number of carbonyl (C=O) groups is 1. The van der Waals surface area contributed by atoms with Crippen molar-refractivity contribution in [1.82, 2.24) is 24.3 Å². The molecule has 2 bridgehead atoms. The van der Waals surface area contributed by atoms with Gasteiger partial charge < -0.3 is 29.9 Å². The molecule has 42 heavy (non-hydrogen) atoms. The number of piperidine rings is 1. The summed E-state index contributed by atoms with van der Waals surface area (Å²) in [6.07, 6.45) is 8.84. The minimum absolute atomic E-state index is 0.0672. The Kier molecular flexibility index (Phi) is 6.29. The van der Waals surface area contributed by atoms with E-state index in [2.05, 4.69) is 47.3 Å². The van der Waals surface area contributed by atoms with Gasteiger partial charge in [0.2, 0.25) is 0 Å². The number of hydrogen-bond acceptors (Lipinski definition) is 4. The maximum atomic E-state index is 13.2. The Morgan fingerprint density at radius 2 is 1.64 bits per heavy atom. The molecule has 3 aliphatic carbocycles. The number of aromatic nitrogens is 2. The highest BCUT2D eigenvalue weighted by atomic mass is 16.3. The molecule has 224 valence electrons. The quantitative estimate of drug-likeness (QED) is 0.358. The number of likely N-dealkylation sites (tertiary alicyclic amines) is 2. The minimum atomic E-state index is 0.0672. The van der Waals surface area contributed by atoms with Crippen molar-refractivity contribution in [1.29, 1.82) is 0 Å². The van der Waals surface area contributed by atoms with Crippen molar-refractivity contribution in [3.63, 3.8) is 0 Å². The largest absolute Gasteiger partial charge is 0.494 e. The van der Waals surface area contributed by atoms with Gasteiger partial charge in [-0.3, -0.25) is 4.57 Å². The molecule has 6 atom stereocenters. The fourth-order valence-electron chi connectivity index (χ4n) is 9.50. The number of aromatic hydroxyl groups is 2. The van der Waals surface area contributed by atoms with Gasteiger partial charge in [-0.2, -0.15) is 0 Å². The van der Waals surface area contributed by atoms with Crippen LogP contribution in [0.1, 0.15) is 79.9 Å². The Morgan fingerprint density at radius 3 is 2.40 bits per heavy atom. The molecule has 2 saturated carbocycles. The molecule has 4 heterocycles. The van der Waals surface area contributed by atoms with E-state index in [0.717, 1.165) is 69.5 Å². The van der Waals surface area contributed by atoms with E-state index in [4.69, 9.17) is 0 Å². The molecular weight excluding hydrogens is 526 g/mol. The summed E-state index contributed by atoms with van der Waals surface area (Å²) >= 11 is 0. The Balaban J connectivity index is 0.902. The van der Waals surface area contributed by atoms with Crippen molar-refractivity contribution in [3.8, 4) is 11.8 Å². The number of benzene rings is 1. The Morgan fingerprint density at radius 1 is 0.952 bits per heavy atom. The van der Waals surface area contributed by atoms with Crippen molar-refractivity contribution in [2.45, 2.75) is 75.8 Å². The van der Waals surface area contributed by atoms with E-state index >= 15 is 0 Å². The summed E-state index contributed by atoms with van der Waals surface area (Å²) in [5, 5.41) is 24.2. The lowest BCUT2D eigenvalue weighted by molar-refractivity contribution is 0.137. The molecule has 1 aromatic carbocycles. The van der Waals surface area contributed by atoms with Crippen LogP contribution in [-0.2, 0) is 6.54 Å². The molecule has 2 aliphatic heterocycles. The number of H-pyrrole nitrogens is 1. The molecule has 8 heteroatoms. The number of fused-ring (bicyclic) bond motifs is 6. The van der Waals surface area contributed by atoms with Gasteiger partial charge in [-0.15, -0.1) is 0 Å². The van der Waals surface area contributed by atoms with Gasteiger partial charge in [0.25, 0.3) is 0 Å². The zero-order valence-electron chi connectivity index (χ0n) is 25.0. The van der Waals surface area contributed by atoms with Crippen LogP contribution in [-0.4, -0.2) is 86.3 Å². The topological polar surface area (TPSA) is 88.0 Å². The van der Waals surface area contributed by atoms with E-state index in [1.54, 1.807) is 4.57 Å². The van der Waals surface area contributed by atoms with E-state index < -0.39 is 0 Å². The van der Waals surface area contributed by atoms with Crippen LogP contribution in [0, 0.1) is 17.8 Å². The molecule has 4 unspecified atom stereocenters. The lowest BCUT2D eigenvalue weighted by Crippen LogP contribution is -2.48. The second-order valence-corrected chi connectivity index (χ2v) is 14.1. The lowest BCUT2D eigenvalue weighted by atomic mass is 9.82. The number of carbonyl (C=O) groups excluding carboxylic acids is 1. The number of nitrogens with zero attached hydrogens (tertiary/aromatic N) is 4. The lowest BCUT2D eigenvalue weighted by Gasteiger charge is -2.37. The van der Waals surface area contributed by atoms with E-state index in [0.29, 0.717) is 24.3 Å². The van der Waals surface area contributed by atoms with Crippen molar-refractivity contribution >= 4 is 16.9 Å². The second kappa shape index (κ2) is 9.97. The molecule has 0 radical (unpaired) electrons. The number of amides is 2. The van der Waals surface area contributed by atoms with Gasteiger partial charge in [0, 0.05) is 73.4 Å². The number of hydrogen-bond donors (Lipinski definition) is 3. The predicted molar refractivity (Wildman–Crippen MR) is 163 cm³/mol. The number of rotatable bonds is 6. The number of para-hydroxylation sites is 1. The summed E-state index contributed by atoms with van der Waals surface area (Å²) in [7, 11) is 1.94. The smallest absolute Gasteiger partial charge is 0.320 e. The first kappa shape index (κ1) is 26.5. The Labute approximate surface area is 248 Å². The van der Waals surface area contributed by atoms with Crippen LogP contribution in [0.2, 0.25) is 0 Å². The summed E-state index contributed by atoms with van der Waals surface area (Å²) in [5.41, 5.74) is 4.58. The maximum absolute atomic E-state index is 13.2. The predicted octanol–water partition coefficient (Wildman–Crippen LogP) is 5.63. The molecule has 5 aliphatic rings. The van der Waals surface area contributed by atoms with E-state index in [1.165, 1.54) is 29.3 Å². The van der Waals surface area contributed by atoms with Crippen LogP contribution < -0.4 is 0 Å². The number of likely N-dealkylation sites (N-methyl/N-ethyl adjacent to an activating group) is 1. The maximum Gasteiger partial charge on any atom is 0.320 e. The van der Waals surface area contributed by atoms with Crippen LogP contribution in [0.15, 0.2) is 30.5 Å². The van der Waals surface area contributed by atoms with E-state index in [-0.39, 0.29) is 41.6 Å². The average Bonchev–Trinajstić information content (AvgIpc) is 3.55. The highest BCUT2D eigenvalue weighted by molar-refractivity contribution is 5.83. The van der Waals surface area contributed by atoms with Gasteiger partial charge in [0.05, 0.1) is 0 Å². The second-order valence-electron chi connectivity index (χ2n) is 14.1. The standard InChI is InChI=1S/C34H45N5O3/c1-20-25-16-26(31(20)36(2)34(42)38-11-5-6-12-38)30-29(25)32(40)39(33(30)41)19-23-15-22(23)18-37-13-9-21(10-14-37)27-17-35-28-8-4-3-7-24(27)28/h3-4,7-8,17,20-23,25-26,31,35,40-41H,5-6,9-16,18-19H2,1-2H3/t20?,22-,23-,25?,26?,31?/m1/s1. The average molecular weight is 572 g/mol. The zero-order valence-corrected chi connectivity index (χ0v) is 25.0. The van der Waals surface area contributed by atoms with Gasteiger partial charge in [-0.1, -0.05) is 25.1 Å². The molecule has 8 nitrogen and oxygen atoms in total. The first-order chi connectivity index (χ1) is 20.4. The molecule has 8 rings (SSSR count). The molecule has 3 aromatic rings. The van der Waals surface area contributed by atoms with Crippen molar-refractivity contribution in [2.75, 3.05) is 39.8 Å². The van der Waals surface area contributed by atoms with Crippen molar-refractivity contribution < 1.29 is 15.0 Å². The third-order valence-electron chi connectivity index (χ3n) is 11.9. The van der Waals surface area contributed by atoms with Gasteiger partial charge in [0.15, 0.2) is 11.8 Å². The Hall–Kier alpha value is -3.13. The van der Waals surface area contributed by atoms with Crippen LogP contribution in [0.3, 0.4) is 0 Å². The summed E-state index contributed by atoms with van der Waals surface area (Å²) in [6.45, 7) is 7.97. The first-order valence-corrected chi connectivity index (χ1v) is 16.3. The van der Waals surface area contributed by atoms with Gasteiger partial charge in [-0.25, -0.2) is 4.79 Å². The summed E-state index contributed by atoms with van der Waals surface area (Å²) in [6, 6.07) is 8.81. The van der Waals surface area contributed by atoms with Crippen molar-refractivity contribution in [2.24, 2.45) is 17.8 Å². The van der Waals surface area contributed by atoms with Crippen LogP contribution in [0.4, 0.5) is 4.79 Å². The van der Waals surface area contributed by atoms with Gasteiger partial charge in [0.1, 0.15) is 0 Å². The van der Waals surface area contributed by atoms with Gasteiger partial charge >= 0.3 is 6.03 Å². The third-order valence-corrected chi connectivity index (χ3v) is 11.9. The zero-order chi connectivity index (χ0) is 28.7. The molecule has 0 spiro atoms. The summed E-state index contributed by atoms with van der Waals surface area (Å²) in [5.74, 6) is 2.82. The van der Waals surface area contributed by atoms with Crippen LogP contribution >= 0.6 is 0 Å². The summed E-state index contributed by atoms with van der Waals surface area (Å²) in [4.78, 5) is 23.2. The molecule has 2 aromatic heterocycles. The van der Waals surface area contributed by atoms with Crippen molar-refractivity contribution in [3.05, 3.63) is 47.2 Å². The van der Waals surface area contributed by atoms with E-state index in [9.17, 15) is 15.0 Å². The molecule has 2 saturated heterocycles. The van der Waals surface area contributed by atoms with E-state index in [1.807, 2.05) is 16.8 Å². The number of urea groups is 1. The third kappa shape index (κ3) is 4.08. The van der Waals surface area contributed by atoms with Crippen LogP contribution in [0.25, 0.3) is 10.9 Å². The fourth-order valence-corrected chi connectivity index (χ4v) is 9.50. The monoisotopic (exact) mass is 571 g/mol. The van der Waals surface area contributed by atoms with Gasteiger partial charge in [-0.05, 0) is 92.8 Å². The fraction of sp³-hybridized carbons (Fsp3) is 0.618. The first-order valence-electron chi connectivity index (χ1n) is 16.3. The Bertz CT molecular complexity index is 1500. The molecular formula is C34H45N5O3. The number of aromatic amines is 1. The SMILES string of the molecule is CC1C2CC(c3c2c(O)n(C[C@H]2C[C@@H]2CN2CCC(c4c[nH]c5ccccc45)CC2)c3O)C1N(C)C(=O)N1CCCC1. The highest BCUT2D eigenvalue weighted by Gasteiger charge is 2.56. The minimum Gasteiger partial charge on any atom is -0.494 e. The molecule has 4 fully saturated rings. The highest BCUT2D eigenvalue weighted by Crippen LogP contribution is 2.63.